The highest BCUT2D eigenvalue weighted by Gasteiger charge is 2.22. The van der Waals surface area contributed by atoms with E-state index in [2.05, 4.69) is 16.0 Å². The van der Waals surface area contributed by atoms with Crippen LogP contribution in [0.15, 0.2) is 24.3 Å². The first-order valence-corrected chi connectivity index (χ1v) is 7.53. The first kappa shape index (κ1) is 20.0. The molecule has 0 aromatic heterocycles. The molecule has 0 heterocycles. The van der Waals surface area contributed by atoms with Gasteiger partial charge < -0.3 is 21.7 Å². The minimum Gasteiger partial charge on any atom is -0.343 e. The topological polar surface area (TPSA) is 156 Å². The molecule has 0 aliphatic heterocycles. The number of nitro groups is 1. The monoisotopic (exact) mass is 351 g/mol. The number of non-ortho nitro benzene ring substituents is 1. The van der Waals surface area contributed by atoms with Crippen molar-refractivity contribution in [3.8, 4) is 0 Å². The molecule has 0 saturated heterocycles. The van der Waals surface area contributed by atoms with Crippen LogP contribution in [0.2, 0.25) is 0 Å². The van der Waals surface area contributed by atoms with Crippen LogP contribution in [0.4, 0.5) is 11.4 Å². The smallest absolute Gasteiger partial charge is 0.269 e. The Balaban J connectivity index is 2.57. The molecular weight excluding hydrogens is 330 g/mol. The maximum absolute atomic E-state index is 12.1. The minimum atomic E-state index is -0.877. The van der Waals surface area contributed by atoms with E-state index in [9.17, 15) is 24.5 Å². The number of benzene rings is 1. The summed E-state index contributed by atoms with van der Waals surface area (Å²) in [6, 6.07) is 2.80. The zero-order valence-corrected chi connectivity index (χ0v) is 14.1. The summed E-state index contributed by atoms with van der Waals surface area (Å²) in [5, 5.41) is 18.0. The first-order valence-electron chi connectivity index (χ1n) is 7.53. The second-order valence-corrected chi connectivity index (χ2v) is 5.54. The number of hydrogen-bond donors (Lipinski definition) is 4. The minimum absolute atomic E-state index is 0.0990. The van der Waals surface area contributed by atoms with Gasteiger partial charge in [0.1, 0.15) is 12.1 Å². The predicted molar refractivity (Wildman–Crippen MR) is 90.6 cm³/mol. The molecule has 1 aromatic rings. The Labute approximate surface area is 144 Å². The molecule has 0 unspecified atom stereocenters. The molecule has 0 bridgehead atoms. The highest BCUT2D eigenvalue weighted by Crippen LogP contribution is 2.15. The van der Waals surface area contributed by atoms with Gasteiger partial charge in [-0.3, -0.25) is 24.5 Å². The number of amides is 3. The van der Waals surface area contributed by atoms with E-state index in [1.54, 1.807) is 0 Å². The lowest BCUT2D eigenvalue weighted by atomic mass is 10.2. The van der Waals surface area contributed by atoms with Gasteiger partial charge in [-0.05, 0) is 32.9 Å². The molecule has 1 aromatic carbocycles. The standard InChI is InChI=1S/C15H21N5O5/c1-8(16)13(21)17-9(2)14(22)18-10(3)15(23)19-11-4-6-12(7-5-11)20(24)25/h4-10H,16H2,1-3H3,(H,17,21)(H,18,22)(H,19,23)/t8-,9-,10-/m0/s1. The molecule has 25 heavy (non-hydrogen) atoms. The van der Waals surface area contributed by atoms with Crippen molar-refractivity contribution < 1.29 is 19.3 Å². The molecule has 0 aliphatic carbocycles. The van der Waals surface area contributed by atoms with Gasteiger partial charge in [0.25, 0.3) is 5.69 Å². The van der Waals surface area contributed by atoms with Crippen LogP contribution in [-0.4, -0.2) is 40.8 Å². The van der Waals surface area contributed by atoms with Gasteiger partial charge in [0.2, 0.25) is 17.7 Å². The molecule has 0 spiro atoms. The van der Waals surface area contributed by atoms with Crippen LogP contribution in [0.1, 0.15) is 20.8 Å². The summed E-state index contributed by atoms with van der Waals surface area (Å²) < 4.78 is 0. The third-order valence-corrected chi connectivity index (χ3v) is 3.26. The third-order valence-electron chi connectivity index (χ3n) is 3.26. The molecule has 0 radical (unpaired) electrons. The highest BCUT2D eigenvalue weighted by atomic mass is 16.6. The fraction of sp³-hybridized carbons (Fsp3) is 0.400. The number of carbonyl (C=O) groups is 3. The number of carbonyl (C=O) groups excluding carboxylic acids is 3. The van der Waals surface area contributed by atoms with Crippen LogP contribution in [0.3, 0.4) is 0 Å². The summed E-state index contributed by atoms with van der Waals surface area (Å²) in [6.07, 6.45) is 0. The van der Waals surface area contributed by atoms with E-state index in [1.807, 2.05) is 0 Å². The van der Waals surface area contributed by atoms with Crippen molar-refractivity contribution >= 4 is 29.1 Å². The van der Waals surface area contributed by atoms with Gasteiger partial charge in [-0.15, -0.1) is 0 Å². The molecule has 3 amide bonds. The summed E-state index contributed by atoms with van der Waals surface area (Å²) in [7, 11) is 0. The van der Waals surface area contributed by atoms with Crippen molar-refractivity contribution in [3.63, 3.8) is 0 Å². The Kier molecular flexibility index (Phi) is 7.00. The van der Waals surface area contributed by atoms with Crippen molar-refractivity contribution in [1.29, 1.82) is 0 Å². The van der Waals surface area contributed by atoms with Crippen molar-refractivity contribution in [2.24, 2.45) is 5.73 Å². The fourth-order valence-corrected chi connectivity index (χ4v) is 1.73. The van der Waals surface area contributed by atoms with Crippen LogP contribution in [-0.2, 0) is 14.4 Å². The van der Waals surface area contributed by atoms with E-state index < -0.39 is 40.8 Å². The second-order valence-electron chi connectivity index (χ2n) is 5.54. The van der Waals surface area contributed by atoms with Gasteiger partial charge >= 0.3 is 0 Å². The van der Waals surface area contributed by atoms with Crippen LogP contribution < -0.4 is 21.7 Å². The molecule has 0 saturated carbocycles. The predicted octanol–water partition coefficient (Wildman–Crippen LogP) is -0.110. The van der Waals surface area contributed by atoms with Gasteiger partial charge in [0.05, 0.1) is 11.0 Å². The summed E-state index contributed by atoms with van der Waals surface area (Å²) in [6.45, 7) is 4.43. The van der Waals surface area contributed by atoms with E-state index in [1.165, 1.54) is 45.0 Å². The number of nitrogens with zero attached hydrogens (tertiary/aromatic N) is 1. The molecule has 1 rings (SSSR count). The van der Waals surface area contributed by atoms with Crippen molar-refractivity contribution in [1.82, 2.24) is 10.6 Å². The molecule has 3 atom stereocenters. The third kappa shape index (κ3) is 6.18. The molecule has 0 aliphatic rings. The van der Waals surface area contributed by atoms with Gasteiger partial charge in [0, 0.05) is 17.8 Å². The number of nitro benzene ring substituents is 1. The quantitative estimate of drug-likeness (QED) is 0.396. The van der Waals surface area contributed by atoms with E-state index >= 15 is 0 Å². The van der Waals surface area contributed by atoms with Crippen LogP contribution in [0.5, 0.6) is 0 Å². The molecule has 5 N–H and O–H groups in total. The maximum atomic E-state index is 12.1. The Morgan fingerprint density at radius 1 is 0.960 bits per heavy atom. The van der Waals surface area contributed by atoms with Crippen LogP contribution in [0.25, 0.3) is 0 Å². The number of hydrogen-bond acceptors (Lipinski definition) is 6. The van der Waals surface area contributed by atoms with Gasteiger partial charge in [-0.2, -0.15) is 0 Å². The van der Waals surface area contributed by atoms with Crippen molar-refractivity contribution in [2.45, 2.75) is 38.9 Å². The largest absolute Gasteiger partial charge is 0.343 e. The number of nitrogens with two attached hydrogens (primary N) is 1. The second kappa shape index (κ2) is 8.73. The highest BCUT2D eigenvalue weighted by molar-refractivity contribution is 5.98. The Hall–Kier alpha value is -3.01. The molecule has 0 fully saturated rings. The van der Waals surface area contributed by atoms with Crippen molar-refractivity contribution in [3.05, 3.63) is 34.4 Å². The average Bonchev–Trinajstić information content (AvgIpc) is 2.54. The summed E-state index contributed by atoms with van der Waals surface area (Å²) in [4.78, 5) is 45.5. The lowest BCUT2D eigenvalue weighted by Gasteiger charge is -2.19. The Morgan fingerprint density at radius 3 is 1.92 bits per heavy atom. The normalized spacial score (nSPS) is 13.9. The van der Waals surface area contributed by atoms with E-state index in [-0.39, 0.29) is 5.69 Å². The summed E-state index contributed by atoms with van der Waals surface area (Å²) >= 11 is 0. The number of rotatable bonds is 7. The summed E-state index contributed by atoms with van der Waals surface area (Å²) in [5.41, 5.74) is 5.66. The number of anilines is 1. The SMILES string of the molecule is C[C@H](N)C(=O)N[C@@H](C)C(=O)N[C@@H](C)C(=O)Nc1ccc([N+](=O)[O-])cc1. The zero-order chi connectivity index (χ0) is 19.1. The van der Waals surface area contributed by atoms with E-state index in [0.717, 1.165) is 0 Å². The fourth-order valence-electron chi connectivity index (χ4n) is 1.73. The molecular formula is C15H21N5O5. The van der Waals surface area contributed by atoms with Crippen molar-refractivity contribution in [2.75, 3.05) is 5.32 Å². The zero-order valence-electron chi connectivity index (χ0n) is 14.1. The van der Waals surface area contributed by atoms with Crippen LogP contribution >= 0.6 is 0 Å². The molecule has 10 nitrogen and oxygen atoms in total. The first-order chi connectivity index (χ1) is 11.6. The van der Waals surface area contributed by atoms with Gasteiger partial charge in [-0.1, -0.05) is 0 Å². The van der Waals surface area contributed by atoms with E-state index in [4.69, 9.17) is 5.73 Å². The molecule has 136 valence electrons. The Morgan fingerprint density at radius 2 is 1.44 bits per heavy atom. The Bertz CT molecular complexity index is 659. The van der Waals surface area contributed by atoms with Gasteiger partial charge in [0.15, 0.2) is 0 Å². The maximum Gasteiger partial charge on any atom is 0.269 e. The molecule has 10 heteroatoms. The average molecular weight is 351 g/mol. The lowest BCUT2D eigenvalue weighted by Crippen LogP contribution is -2.52. The lowest BCUT2D eigenvalue weighted by molar-refractivity contribution is -0.384. The van der Waals surface area contributed by atoms with E-state index in [0.29, 0.717) is 5.69 Å². The summed E-state index contributed by atoms with van der Waals surface area (Å²) in [5.74, 6) is -1.53. The van der Waals surface area contributed by atoms with Crippen LogP contribution in [0, 0.1) is 10.1 Å². The number of nitrogens with one attached hydrogen (secondary N) is 3. The van der Waals surface area contributed by atoms with Gasteiger partial charge in [-0.25, -0.2) is 0 Å².